The normalized spacial score (nSPS) is 11.9. The highest BCUT2D eigenvalue weighted by Gasteiger charge is 2.19. The molecule has 0 atom stereocenters. The van der Waals surface area contributed by atoms with Gasteiger partial charge in [0.15, 0.2) is 0 Å². The Morgan fingerprint density at radius 2 is 1.15 bits per heavy atom. The second-order valence-corrected chi connectivity index (χ2v) is 9.85. The summed E-state index contributed by atoms with van der Waals surface area (Å²) in [7, 11) is 0. The van der Waals surface area contributed by atoms with Crippen LogP contribution in [-0.4, -0.2) is 0 Å². The van der Waals surface area contributed by atoms with E-state index in [-0.39, 0.29) is 4.87 Å². The van der Waals surface area contributed by atoms with Crippen molar-refractivity contribution in [1.29, 1.82) is 0 Å². The minimum Gasteiger partial charge on any atom is -0.115 e. The van der Waals surface area contributed by atoms with Crippen molar-refractivity contribution in [2.75, 3.05) is 0 Å². The smallest absolute Gasteiger partial charge is 0.0641 e. The minimum atomic E-state index is -0.268. The highest BCUT2D eigenvalue weighted by molar-refractivity contribution is 6.23. The quantitative estimate of drug-likeness (QED) is 0.194. The fourth-order valence-corrected chi connectivity index (χ4v) is 4.31. The number of rotatable bonds is 16. The third kappa shape index (κ3) is 11.2. The molecule has 0 aliphatic rings. The molecule has 0 aliphatic carbocycles. The van der Waals surface area contributed by atoms with Crippen molar-refractivity contribution >= 4 is 11.6 Å². The molecule has 0 radical (unpaired) electrons. The van der Waals surface area contributed by atoms with Gasteiger partial charge in [0.2, 0.25) is 0 Å². The molecule has 0 nitrogen and oxygen atoms in total. The predicted molar refractivity (Wildman–Crippen MR) is 124 cm³/mol. The molecule has 0 bridgehead atoms. The maximum absolute atomic E-state index is 6.53. The molecule has 0 heterocycles. The highest BCUT2D eigenvalue weighted by atomic mass is 35.5. The van der Waals surface area contributed by atoms with E-state index in [0.717, 1.165) is 0 Å². The van der Waals surface area contributed by atoms with Gasteiger partial charge in [0, 0.05) is 0 Å². The summed E-state index contributed by atoms with van der Waals surface area (Å²) < 4.78 is 0. The maximum atomic E-state index is 6.53. The lowest BCUT2D eigenvalue weighted by Gasteiger charge is -2.21. The number of unbranched alkanes of at least 4 members (excludes halogenated alkanes) is 13. The molecule has 0 amide bonds. The molecule has 0 saturated heterocycles. The van der Waals surface area contributed by atoms with Gasteiger partial charge in [-0.15, -0.1) is 11.6 Å². The summed E-state index contributed by atoms with van der Waals surface area (Å²) in [6.45, 7) is 8.71. The monoisotopic (exact) mass is 392 g/mol. The molecule has 0 saturated carbocycles. The number of hydrogen-bond donors (Lipinski definition) is 0. The topological polar surface area (TPSA) is 0 Å². The number of hydrogen-bond acceptors (Lipinski definition) is 0. The van der Waals surface area contributed by atoms with E-state index in [9.17, 15) is 0 Å². The van der Waals surface area contributed by atoms with Crippen LogP contribution in [0.5, 0.6) is 0 Å². The third-order valence-electron chi connectivity index (χ3n) is 5.89. The van der Waals surface area contributed by atoms with Crippen molar-refractivity contribution in [1.82, 2.24) is 0 Å². The Hall–Kier alpha value is -0.490. The molecule has 0 N–H and O–H groups in total. The van der Waals surface area contributed by atoms with Gasteiger partial charge >= 0.3 is 0 Å². The van der Waals surface area contributed by atoms with Crippen molar-refractivity contribution in [3.63, 3.8) is 0 Å². The number of benzene rings is 1. The summed E-state index contributed by atoms with van der Waals surface area (Å²) in [5.41, 5.74) is 4.17. The van der Waals surface area contributed by atoms with E-state index >= 15 is 0 Å². The molecule has 0 aliphatic heterocycles. The summed E-state index contributed by atoms with van der Waals surface area (Å²) in [6.07, 6.45) is 21.1. The van der Waals surface area contributed by atoms with Gasteiger partial charge in [0.05, 0.1) is 4.87 Å². The Morgan fingerprint density at radius 1 is 0.704 bits per heavy atom. The zero-order valence-corrected chi connectivity index (χ0v) is 19.5. The molecule has 0 unspecified atom stereocenters. The van der Waals surface area contributed by atoms with Crippen LogP contribution in [0.25, 0.3) is 0 Å². The van der Waals surface area contributed by atoms with Crippen molar-refractivity contribution in [2.24, 2.45) is 0 Å². The molecule has 0 spiro atoms. The fourth-order valence-electron chi connectivity index (χ4n) is 4.11. The van der Waals surface area contributed by atoms with Gasteiger partial charge in [-0.3, -0.25) is 0 Å². The van der Waals surface area contributed by atoms with Crippen LogP contribution in [0.1, 0.15) is 127 Å². The number of alkyl halides is 1. The lowest BCUT2D eigenvalue weighted by molar-refractivity contribution is 0.535. The van der Waals surface area contributed by atoms with Crippen LogP contribution in [0, 0.1) is 6.92 Å². The highest BCUT2D eigenvalue weighted by Crippen LogP contribution is 2.32. The van der Waals surface area contributed by atoms with E-state index in [1.807, 2.05) is 0 Å². The molecule has 156 valence electrons. The van der Waals surface area contributed by atoms with Gasteiger partial charge < -0.3 is 0 Å². The third-order valence-corrected chi connectivity index (χ3v) is 6.09. The maximum Gasteiger partial charge on any atom is 0.0641 e. The van der Waals surface area contributed by atoms with Crippen LogP contribution in [0.2, 0.25) is 0 Å². The van der Waals surface area contributed by atoms with E-state index < -0.39 is 0 Å². The Bertz CT molecular complexity index is 483. The Kier molecular flexibility index (Phi) is 13.2. The SMILES string of the molecule is CCCCCCCCCCCCCCCCc1cccc(C(C)(C)Cl)c1C. The molecule has 0 aromatic heterocycles. The molecular formula is C26H45Cl. The number of halogens is 1. The minimum absolute atomic E-state index is 0.268. The fraction of sp³-hybridized carbons (Fsp3) is 0.769. The van der Waals surface area contributed by atoms with E-state index in [1.54, 1.807) is 0 Å². The van der Waals surface area contributed by atoms with Gasteiger partial charge in [-0.2, -0.15) is 0 Å². The lowest BCUT2D eigenvalue weighted by Crippen LogP contribution is -2.11. The van der Waals surface area contributed by atoms with E-state index in [4.69, 9.17) is 11.6 Å². The molecule has 1 aromatic rings. The van der Waals surface area contributed by atoms with Crippen LogP contribution in [0.4, 0.5) is 0 Å². The largest absolute Gasteiger partial charge is 0.115 e. The summed E-state index contributed by atoms with van der Waals surface area (Å²) in [5, 5.41) is 0. The first-order chi connectivity index (χ1) is 13.0. The molecule has 0 fully saturated rings. The standard InChI is InChI=1S/C26H45Cl/c1-5-6-7-8-9-10-11-12-13-14-15-16-17-18-20-24-21-19-22-25(23(24)2)26(3,4)27/h19,21-22H,5-18,20H2,1-4H3. The van der Waals surface area contributed by atoms with Crippen molar-refractivity contribution in [3.05, 3.63) is 34.9 Å². The van der Waals surface area contributed by atoms with Gasteiger partial charge in [0.25, 0.3) is 0 Å². The molecule has 1 aromatic carbocycles. The zero-order chi connectivity index (χ0) is 20.0. The predicted octanol–water partition coefficient (Wildman–Crippen LogP) is 9.49. The van der Waals surface area contributed by atoms with E-state index in [0.29, 0.717) is 0 Å². The summed E-state index contributed by atoms with van der Waals surface area (Å²) in [5.74, 6) is 0. The Balaban J connectivity index is 2.01. The average molecular weight is 393 g/mol. The summed E-state index contributed by atoms with van der Waals surface area (Å²) in [6, 6.07) is 6.63. The van der Waals surface area contributed by atoms with Gasteiger partial charge in [-0.05, 0) is 50.3 Å². The molecule has 1 rings (SSSR count). The first-order valence-corrected chi connectivity index (χ1v) is 12.1. The summed E-state index contributed by atoms with van der Waals surface area (Å²) in [4.78, 5) is -0.268. The zero-order valence-electron chi connectivity index (χ0n) is 18.7. The van der Waals surface area contributed by atoms with Crippen LogP contribution >= 0.6 is 11.6 Å². The van der Waals surface area contributed by atoms with Gasteiger partial charge in [0.1, 0.15) is 0 Å². The second-order valence-electron chi connectivity index (χ2n) is 8.91. The molecule has 27 heavy (non-hydrogen) atoms. The molecule has 1 heteroatoms. The Labute approximate surface area is 175 Å². The van der Waals surface area contributed by atoms with Crippen LogP contribution in [-0.2, 0) is 11.3 Å². The lowest BCUT2D eigenvalue weighted by atomic mass is 9.91. The van der Waals surface area contributed by atoms with Crippen molar-refractivity contribution in [3.8, 4) is 0 Å². The van der Waals surface area contributed by atoms with Crippen molar-refractivity contribution in [2.45, 2.75) is 129 Å². The average Bonchev–Trinajstić information content (AvgIpc) is 2.62. The second kappa shape index (κ2) is 14.5. The van der Waals surface area contributed by atoms with Crippen molar-refractivity contribution < 1.29 is 0 Å². The van der Waals surface area contributed by atoms with E-state index in [1.165, 1.54) is 113 Å². The van der Waals surface area contributed by atoms with Gasteiger partial charge in [-0.1, -0.05) is 109 Å². The van der Waals surface area contributed by atoms with Crippen LogP contribution < -0.4 is 0 Å². The Morgan fingerprint density at radius 3 is 1.59 bits per heavy atom. The first kappa shape index (κ1) is 24.5. The van der Waals surface area contributed by atoms with Crippen LogP contribution in [0.15, 0.2) is 18.2 Å². The summed E-state index contributed by atoms with van der Waals surface area (Å²) >= 11 is 6.53. The first-order valence-electron chi connectivity index (χ1n) is 11.7. The van der Waals surface area contributed by atoms with Crippen LogP contribution in [0.3, 0.4) is 0 Å². The molecular weight excluding hydrogens is 348 g/mol. The van der Waals surface area contributed by atoms with Gasteiger partial charge in [-0.25, -0.2) is 0 Å². The number of aryl methyl sites for hydroxylation is 1. The van der Waals surface area contributed by atoms with E-state index in [2.05, 4.69) is 45.9 Å².